The molecule has 2 saturated carbocycles. The summed E-state index contributed by atoms with van der Waals surface area (Å²) in [6.45, 7) is 2.18. The number of aliphatic hydroxyl groups is 1. The highest BCUT2D eigenvalue weighted by atomic mass is 32.2. The highest BCUT2D eigenvalue weighted by Gasteiger charge is 2.61. The molecule has 0 unspecified atom stereocenters. The molecule has 0 aliphatic heterocycles. The van der Waals surface area contributed by atoms with Crippen molar-refractivity contribution in [2.75, 3.05) is 7.05 Å². The summed E-state index contributed by atoms with van der Waals surface area (Å²) in [4.78, 5) is 0. The minimum Gasteiger partial charge on any atom is -0.377 e. The maximum atomic E-state index is 11.6. The quantitative estimate of drug-likeness (QED) is 0.780. The number of rotatable bonds is 3. The summed E-state index contributed by atoms with van der Waals surface area (Å²) >= 11 is 0. The van der Waals surface area contributed by atoms with E-state index in [-0.39, 0.29) is 5.41 Å². The van der Waals surface area contributed by atoms with Crippen molar-refractivity contribution in [2.45, 2.75) is 57.0 Å². The highest BCUT2D eigenvalue weighted by molar-refractivity contribution is 7.85. The lowest BCUT2D eigenvalue weighted by Crippen LogP contribution is -2.50. The Balaban J connectivity index is 1.63. The Morgan fingerprint density at radius 1 is 1.30 bits per heavy atom. The Morgan fingerprint density at radius 3 is 2.78 bits per heavy atom. The summed E-state index contributed by atoms with van der Waals surface area (Å²) in [5.41, 5.74) is 1.29. The van der Waals surface area contributed by atoms with Gasteiger partial charge >= 0.3 is 10.3 Å². The van der Waals surface area contributed by atoms with E-state index in [1.54, 1.807) is 6.07 Å². The van der Waals surface area contributed by atoms with Gasteiger partial charge in [0.2, 0.25) is 0 Å². The molecule has 0 aromatic heterocycles. The Labute approximate surface area is 161 Å². The van der Waals surface area contributed by atoms with Crippen molar-refractivity contribution in [3.63, 3.8) is 0 Å². The molecule has 3 aliphatic carbocycles. The molecule has 0 bridgehead atoms. The van der Waals surface area contributed by atoms with Gasteiger partial charge in [0.05, 0.1) is 0 Å². The fraction of sp³-hybridized carbons (Fsp3) is 0.619. The largest absolute Gasteiger partial charge is 0.382 e. The van der Waals surface area contributed by atoms with Gasteiger partial charge in [-0.05, 0) is 79.5 Å². The lowest BCUT2D eigenvalue weighted by Gasteiger charge is -2.52. The summed E-state index contributed by atoms with van der Waals surface area (Å²) in [6.07, 6.45) is 11.3. The van der Waals surface area contributed by atoms with Crippen LogP contribution in [0.5, 0.6) is 5.75 Å². The van der Waals surface area contributed by atoms with E-state index in [2.05, 4.69) is 17.6 Å². The monoisotopic (exact) mass is 389 g/mol. The Kier molecular flexibility index (Phi) is 4.34. The smallest absolute Gasteiger partial charge is 0.377 e. The fourth-order valence-electron chi connectivity index (χ4n) is 6.03. The molecule has 146 valence electrons. The van der Waals surface area contributed by atoms with Crippen LogP contribution in [0.25, 0.3) is 0 Å². The van der Waals surface area contributed by atoms with E-state index in [9.17, 15) is 13.5 Å². The van der Waals surface area contributed by atoms with Crippen LogP contribution < -0.4 is 8.91 Å². The molecule has 1 aromatic rings. The normalized spacial score (nSPS) is 37.6. The van der Waals surface area contributed by atoms with Gasteiger partial charge in [-0.1, -0.05) is 18.9 Å². The van der Waals surface area contributed by atoms with Gasteiger partial charge in [-0.2, -0.15) is 13.1 Å². The number of benzene rings is 1. The van der Waals surface area contributed by atoms with Gasteiger partial charge in [-0.15, -0.1) is 6.42 Å². The first-order valence-electron chi connectivity index (χ1n) is 9.69. The van der Waals surface area contributed by atoms with Crippen LogP contribution in [0.15, 0.2) is 18.2 Å². The number of fused-ring (bicyclic) bond motifs is 5. The Morgan fingerprint density at radius 2 is 2.07 bits per heavy atom. The van der Waals surface area contributed by atoms with Crippen molar-refractivity contribution in [1.29, 1.82) is 0 Å². The van der Waals surface area contributed by atoms with Gasteiger partial charge in [0.25, 0.3) is 0 Å². The summed E-state index contributed by atoms with van der Waals surface area (Å²) < 4.78 is 30.5. The van der Waals surface area contributed by atoms with Gasteiger partial charge in [0.1, 0.15) is 11.4 Å². The second-order valence-corrected chi connectivity index (χ2v) is 10.0. The molecule has 3 aliphatic rings. The molecule has 2 fully saturated rings. The van der Waals surface area contributed by atoms with E-state index in [0.717, 1.165) is 32.1 Å². The number of nitrogens with one attached hydrogen (secondary N) is 1. The standard InChI is InChI=1S/C21H27NO4S/c1-4-21(23)12-10-19-18-7-5-14-13-15(26-27(24,25)22-3)6-8-16(14)17(18)9-11-20(19,21)2/h1,6,8,13,17-19,22-23H,5,7,9-12H2,2-3H3/t17-,18-,19+,20+,21+/m1/s1. The second-order valence-electron chi connectivity index (χ2n) is 8.52. The maximum Gasteiger partial charge on any atom is 0.382 e. The SMILES string of the molecule is C#C[C@]1(O)CC[C@H]2[C@@H]3CCc4cc(OS(=O)(=O)NC)ccc4[C@H]3CC[C@@]21C. The fourth-order valence-corrected chi connectivity index (χ4v) is 6.47. The van der Waals surface area contributed by atoms with Gasteiger partial charge in [0, 0.05) is 12.5 Å². The van der Waals surface area contributed by atoms with Crippen molar-refractivity contribution in [3.8, 4) is 18.1 Å². The summed E-state index contributed by atoms with van der Waals surface area (Å²) in [7, 11) is -2.43. The molecule has 2 N–H and O–H groups in total. The van der Waals surface area contributed by atoms with E-state index < -0.39 is 15.9 Å². The van der Waals surface area contributed by atoms with Gasteiger partial charge in [-0.3, -0.25) is 0 Å². The number of aryl methyl sites for hydroxylation is 1. The third-order valence-corrected chi connectivity index (χ3v) is 8.46. The maximum absolute atomic E-state index is 11.6. The molecular formula is C21H27NO4S. The molecule has 5 nitrogen and oxygen atoms in total. The minimum absolute atomic E-state index is 0.204. The van der Waals surface area contributed by atoms with E-state index in [1.807, 2.05) is 12.1 Å². The van der Waals surface area contributed by atoms with Gasteiger partial charge in [-0.25, -0.2) is 0 Å². The zero-order chi connectivity index (χ0) is 19.4. The lowest BCUT2D eigenvalue weighted by molar-refractivity contribution is -0.0646. The van der Waals surface area contributed by atoms with Crippen LogP contribution in [0.1, 0.15) is 56.1 Å². The van der Waals surface area contributed by atoms with E-state index in [4.69, 9.17) is 10.6 Å². The van der Waals surface area contributed by atoms with Crippen LogP contribution in [-0.4, -0.2) is 26.2 Å². The third kappa shape index (κ3) is 2.79. The van der Waals surface area contributed by atoms with Crippen molar-refractivity contribution >= 4 is 10.3 Å². The Hall–Kier alpha value is -1.55. The average molecular weight is 390 g/mol. The van der Waals surface area contributed by atoms with Crippen molar-refractivity contribution in [2.24, 2.45) is 17.3 Å². The van der Waals surface area contributed by atoms with E-state index >= 15 is 0 Å². The van der Waals surface area contributed by atoms with E-state index in [1.165, 1.54) is 18.2 Å². The zero-order valence-electron chi connectivity index (χ0n) is 15.9. The first kappa shape index (κ1) is 18.8. The van der Waals surface area contributed by atoms with Crippen LogP contribution in [0.3, 0.4) is 0 Å². The lowest BCUT2D eigenvalue weighted by atomic mass is 9.53. The average Bonchev–Trinajstić information content (AvgIpc) is 2.93. The molecule has 5 atom stereocenters. The van der Waals surface area contributed by atoms with E-state index in [0.29, 0.717) is 29.9 Å². The predicted octanol–water partition coefficient (Wildman–Crippen LogP) is 2.75. The minimum atomic E-state index is -3.75. The first-order valence-corrected chi connectivity index (χ1v) is 11.1. The molecule has 0 heterocycles. The van der Waals surface area contributed by atoms with Gasteiger partial charge in [0.15, 0.2) is 0 Å². The molecule has 0 saturated heterocycles. The molecule has 1 aromatic carbocycles. The van der Waals surface area contributed by atoms with Crippen molar-refractivity contribution < 1.29 is 17.7 Å². The number of hydrogen-bond donors (Lipinski definition) is 2. The highest BCUT2D eigenvalue weighted by Crippen LogP contribution is 2.64. The molecule has 4 rings (SSSR count). The number of hydrogen-bond acceptors (Lipinski definition) is 4. The molecule has 6 heteroatoms. The van der Waals surface area contributed by atoms with Crippen LogP contribution in [0.4, 0.5) is 0 Å². The second kappa shape index (κ2) is 6.23. The molecule has 0 radical (unpaired) electrons. The first-order chi connectivity index (χ1) is 12.7. The molecule has 0 amide bonds. The van der Waals surface area contributed by atoms with Crippen LogP contribution in [0, 0.1) is 29.6 Å². The Bertz CT molecular complexity index is 905. The summed E-state index contributed by atoms with van der Waals surface area (Å²) in [6, 6.07) is 5.63. The molecule has 0 spiro atoms. The summed E-state index contributed by atoms with van der Waals surface area (Å²) in [5, 5.41) is 11.0. The third-order valence-electron chi connectivity index (χ3n) is 7.54. The molecular weight excluding hydrogens is 362 g/mol. The van der Waals surface area contributed by atoms with Crippen molar-refractivity contribution in [1.82, 2.24) is 4.72 Å². The van der Waals surface area contributed by atoms with Crippen LogP contribution in [0.2, 0.25) is 0 Å². The van der Waals surface area contributed by atoms with Crippen LogP contribution in [-0.2, 0) is 16.7 Å². The summed E-state index contributed by atoms with van der Waals surface area (Å²) in [5.74, 6) is 4.46. The predicted molar refractivity (Wildman–Crippen MR) is 103 cm³/mol. The van der Waals surface area contributed by atoms with Crippen LogP contribution >= 0.6 is 0 Å². The topological polar surface area (TPSA) is 75.6 Å². The van der Waals surface area contributed by atoms with Gasteiger partial charge < -0.3 is 9.29 Å². The van der Waals surface area contributed by atoms with Crippen molar-refractivity contribution in [3.05, 3.63) is 29.3 Å². The molecule has 27 heavy (non-hydrogen) atoms. The zero-order valence-corrected chi connectivity index (χ0v) is 16.7. The number of terminal acetylenes is 1.